The largest absolute Gasteiger partial charge is 0.449 e. The molecule has 3 rings (SSSR count). The van der Waals surface area contributed by atoms with Crippen molar-refractivity contribution >= 4 is 16.9 Å². The Kier molecular flexibility index (Phi) is 3.16. The van der Waals surface area contributed by atoms with E-state index in [0.29, 0.717) is 12.1 Å². The molecule has 0 unspecified atom stereocenters. The first-order valence-electron chi connectivity index (χ1n) is 6.08. The van der Waals surface area contributed by atoms with Gasteiger partial charge in [-0.1, -0.05) is 12.1 Å². The second-order valence-electron chi connectivity index (χ2n) is 4.33. The first-order chi connectivity index (χ1) is 9.72. The van der Waals surface area contributed by atoms with Crippen LogP contribution in [0.1, 0.15) is 16.1 Å². The third-order valence-corrected chi connectivity index (χ3v) is 2.91. The van der Waals surface area contributed by atoms with Gasteiger partial charge in [-0.25, -0.2) is 4.39 Å². The number of carbonyl (C=O) groups is 1. The van der Waals surface area contributed by atoms with Crippen molar-refractivity contribution in [2.75, 3.05) is 0 Å². The molecule has 5 heteroatoms. The van der Waals surface area contributed by atoms with Crippen LogP contribution in [0.2, 0.25) is 0 Å². The maximum atomic E-state index is 12.8. The molecular weight excluding hydrogens is 259 g/mol. The van der Waals surface area contributed by atoms with Crippen LogP contribution in [0.4, 0.5) is 4.39 Å². The number of rotatable bonds is 3. The van der Waals surface area contributed by atoms with Crippen LogP contribution in [-0.2, 0) is 6.54 Å². The third kappa shape index (κ3) is 2.51. The van der Waals surface area contributed by atoms with Gasteiger partial charge in [0, 0.05) is 18.1 Å². The molecule has 0 aliphatic rings. The Hall–Kier alpha value is -2.69. The lowest BCUT2D eigenvalue weighted by Crippen LogP contribution is -2.22. The van der Waals surface area contributed by atoms with E-state index in [-0.39, 0.29) is 17.5 Å². The third-order valence-electron chi connectivity index (χ3n) is 2.91. The summed E-state index contributed by atoms with van der Waals surface area (Å²) in [7, 11) is 0. The fraction of sp³-hybridized carbons (Fsp3) is 0.0667. The lowest BCUT2D eigenvalue weighted by atomic mass is 10.2. The highest BCUT2D eigenvalue weighted by atomic mass is 19.1. The summed E-state index contributed by atoms with van der Waals surface area (Å²) >= 11 is 0. The predicted molar refractivity (Wildman–Crippen MR) is 71.6 cm³/mol. The van der Waals surface area contributed by atoms with Crippen LogP contribution in [-0.4, -0.2) is 10.9 Å². The minimum absolute atomic E-state index is 0.232. The van der Waals surface area contributed by atoms with Crippen LogP contribution in [0.3, 0.4) is 0 Å². The number of benzene rings is 1. The predicted octanol–water partition coefficient (Wildman–Crippen LogP) is 2.90. The van der Waals surface area contributed by atoms with Gasteiger partial charge >= 0.3 is 0 Å². The Morgan fingerprint density at radius 2 is 2.05 bits per heavy atom. The smallest absolute Gasteiger partial charge is 0.287 e. The first kappa shape index (κ1) is 12.3. The van der Waals surface area contributed by atoms with Gasteiger partial charge in [0.1, 0.15) is 5.82 Å². The lowest BCUT2D eigenvalue weighted by molar-refractivity contribution is 0.0925. The van der Waals surface area contributed by atoms with Gasteiger partial charge in [0.15, 0.2) is 11.3 Å². The second kappa shape index (κ2) is 5.13. The van der Waals surface area contributed by atoms with Crippen molar-refractivity contribution in [3.63, 3.8) is 0 Å². The van der Waals surface area contributed by atoms with Gasteiger partial charge in [0.05, 0.1) is 6.20 Å². The average Bonchev–Trinajstić information content (AvgIpc) is 2.90. The van der Waals surface area contributed by atoms with E-state index in [0.717, 1.165) is 10.9 Å². The Morgan fingerprint density at radius 1 is 1.25 bits per heavy atom. The van der Waals surface area contributed by atoms with Gasteiger partial charge in [0.25, 0.3) is 5.91 Å². The van der Waals surface area contributed by atoms with E-state index in [1.807, 2.05) is 0 Å². The summed E-state index contributed by atoms with van der Waals surface area (Å²) in [5, 5.41) is 3.55. The topological polar surface area (TPSA) is 55.1 Å². The highest BCUT2D eigenvalue weighted by Gasteiger charge is 2.11. The molecule has 0 aliphatic carbocycles. The molecule has 0 bridgehead atoms. The van der Waals surface area contributed by atoms with Crippen molar-refractivity contribution < 1.29 is 13.6 Å². The molecule has 100 valence electrons. The number of fused-ring (bicyclic) bond motifs is 1. The Labute approximate surface area is 114 Å². The minimum atomic E-state index is -0.314. The number of hydrogen-bond acceptors (Lipinski definition) is 3. The molecule has 0 saturated heterocycles. The molecule has 2 aromatic heterocycles. The number of hydrogen-bond donors (Lipinski definition) is 1. The van der Waals surface area contributed by atoms with Crippen molar-refractivity contribution in [1.82, 2.24) is 10.3 Å². The Morgan fingerprint density at radius 3 is 2.80 bits per heavy atom. The molecule has 1 aromatic carbocycles. The average molecular weight is 270 g/mol. The number of nitrogens with zero attached hydrogens (tertiary/aromatic N) is 1. The summed E-state index contributed by atoms with van der Waals surface area (Å²) in [6, 6.07) is 9.39. The number of furan rings is 1. The Bertz CT molecular complexity index is 717. The van der Waals surface area contributed by atoms with Crippen LogP contribution < -0.4 is 5.32 Å². The quantitative estimate of drug-likeness (QED) is 0.796. The van der Waals surface area contributed by atoms with Gasteiger partial charge in [-0.3, -0.25) is 9.78 Å². The summed E-state index contributed by atoms with van der Waals surface area (Å²) in [5.41, 5.74) is 1.39. The molecule has 0 fully saturated rings. The maximum absolute atomic E-state index is 12.8. The van der Waals surface area contributed by atoms with E-state index in [1.165, 1.54) is 12.1 Å². The van der Waals surface area contributed by atoms with E-state index in [2.05, 4.69) is 10.3 Å². The van der Waals surface area contributed by atoms with Gasteiger partial charge in [-0.15, -0.1) is 0 Å². The lowest BCUT2D eigenvalue weighted by Gasteiger charge is -2.03. The van der Waals surface area contributed by atoms with Crippen molar-refractivity contribution in [1.29, 1.82) is 0 Å². The number of halogens is 1. The fourth-order valence-corrected chi connectivity index (χ4v) is 1.87. The van der Waals surface area contributed by atoms with Crippen LogP contribution in [0.5, 0.6) is 0 Å². The van der Waals surface area contributed by atoms with Gasteiger partial charge in [-0.2, -0.15) is 0 Å². The number of pyridine rings is 1. The SMILES string of the molecule is O=C(NCc1ccc(F)cc1)c1cc2ccncc2o1. The molecule has 0 atom stereocenters. The number of nitrogens with one attached hydrogen (secondary N) is 1. The van der Waals surface area contributed by atoms with E-state index in [1.54, 1.807) is 36.7 Å². The maximum Gasteiger partial charge on any atom is 0.287 e. The summed E-state index contributed by atoms with van der Waals surface area (Å²) in [5.74, 6) is -0.384. The molecule has 1 amide bonds. The zero-order valence-electron chi connectivity index (χ0n) is 10.5. The number of aromatic nitrogens is 1. The molecule has 3 aromatic rings. The van der Waals surface area contributed by atoms with Gasteiger partial charge < -0.3 is 9.73 Å². The molecule has 0 radical (unpaired) electrons. The fourth-order valence-electron chi connectivity index (χ4n) is 1.87. The second-order valence-corrected chi connectivity index (χ2v) is 4.33. The van der Waals surface area contributed by atoms with Crippen molar-refractivity contribution in [3.8, 4) is 0 Å². The monoisotopic (exact) mass is 270 g/mol. The first-order valence-corrected chi connectivity index (χ1v) is 6.08. The van der Waals surface area contributed by atoms with Crippen molar-refractivity contribution in [2.24, 2.45) is 0 Å². The summed E-state index contributed by atoms with van der Waals surface area (Å²) in [6.07, 6.45) is 3.20. The number of amides is 1. The van der Waals surface area contributed by atoms with Crippen molar-refractivity contribution in [2.45, 2.75) is 6.54 Å². The minimum Gasteiger partial charge on any atom is -0.449 e. The van der Waals surface area contributed by atoms with Crippen LogP contribution in [0, 0.1) is 5.82 Å². The zero-order valence-corrected chi connectivity index (χ0v) is 10.5. The highest BCUT2D eigenvalue weighted by molar-refractivity contribution is 5.95. The van der Waals surface area contributed by atoms with Gasteiger partial charge in [0.2, 0.25) is 0 Å². The molecule has 0 spiro atoms. The number of carbonyl (C=O) groups excluding carboxylic acids is 1. The summed E-state index contributed by atoms with van der Waals surface area (Å²) in [6.45, 7) is 0.314. The standard InChI is InChI=1S/C15H11FN2O2/c16-12-3-1-10(2-4-12)8-18-15(19)13-7-11-5-6-17-9-14(11)20-13/h1-7,9H,8H2,(H,18,19). The highest BCUT2D eigenvalue weighted by Crippen LogP contribution is 2.17. The van der Waals surface area contributed by atoms with E-state index in [4.69, 9.17) is 4.42 Å². The molecule has 20 heavy (non-hydrogen) atoms. The van der Waals surface area contributed by atoms with Crippen molar-refractivity contribution in [3.05, 3.63) is 65.9 Å². The molecule has 1 N–H and O–H groups in total. The summed E-state index contributed by atoms with van der Waals surface area (Å²) in [4.78, 5) is 15.9. The van der Waals surface area contributed by atoms with Gasteiger partial charge in [-0.05, 0) is 29.8 Å². The normalized spacial score (nSPS) is 10.7. The Balaban J connectivity index is 1.71. The molecule has 0 aliphatic heterocycles. The van der Waals surface area contributed by atoms with Crippen LogP contribution in [0.25, 0.3) is 11.0 Å². The zero-order chi connectivity index (χ0) is 13.9. The molecule has 4 nitrogen and oxygen atoms in total. The summed E-state index contributed by atoms with van der Waals surface area (Å²) < 4.78 is 18.2. The van der Waals surface area contributed by atoms with E-state index < -0.39 is 0 Å². The van der Waals surface area contributed by atoms with E-state index in [9.17, 15) is 9.18 Å². The molecule has 2 heterocycles. The van der Waals surface area contributed by atoms with Crippen LogP contribution >= 0.6 is 0 Å². The van der Waals surface area contributed by atoms with E-state index >= 15 is 0 Å². The van der Waals surface area contributed by atoms with Crippen LogP contribution in [0.15, 0.2) is 53.2 Å². The molecular formula is C15H11FN2O2. The molecule has 0 saturated carbocycles.